The van der Waals surface area contributed by atoms with Gasteiger partial charge in [-0.2, -0.15) is 0 Å². The van der Waals surface area contributed by atoms with Crippen LogP contribution in [0.1, 0.15) is 10.4 Å². The maximum absolute atomic E-state index is 12.7. The van der Waals surface area contributed by atoms with E-state index in [1.165, 1.54) is 26.2 Å². The van der Waals surface area contributed by atoms with E-state index in [0.29, 0.717) is 5.69 Å². The molecule has 0 fully saturated rings. The zero-order valence-corrected chi connectivity index (χ0v) is 16.2. The van der Waals surface area contributed by atoms with Crippen molar-refractivity contribution in [3.63, 3.8) is 0 Å². The lowest BCUT2D eigenvalue weighted by atomic mass is 10.1. The minimum absolute atomic E-state index is 0.0708. The summed E-state index contributed by atoms with van der Waals surface area (Å²) >= 11 is 0. The molecule has 142 valence electrons. The molecule has 3 aromatic carbocycles. The van der Waals surface area contributed by atoms with E-state index in [4.69, 9.17) is 4.42 Å². The second-order valence-electron chi connectivity index (χ2n) is 6.58. The van der Waals surface area contributed by atoms with Gasteiger partial charge in [0.25, 0.3) is 5.91 Å². The average molecular weight is 394 g/mol. The highest BCUT2D eigenvalue weighted by atomic mass is 32.2. The number of carbonyl (C=O) groups is 1. The maximum atomic E-state index is 12.7. The summed E-state index contributed by atoms with van der Waals surface area (Å²) in [5, 5.41) is 4.69. The Bertz CT molecular complexity index is 1310. The van der Waals surface area contributed by atoms with Crippen molar-refractivity contribution in [2.75, 3.05) is 19.4 Å². The van der Waals surface area contributed by atoms with E-state index in [9.17, 15) is 13.2 Å². The summed E-state index contributed by atoms with van der Waals surface area (Å²) in [6.07, 6.45) is 0. The van der Waals surface area contributed by atoms with Crippen LogP contribution >= 0.6 is 0 Å². The second-order valence-corrected chi connectivity index (χ2v) is 8.73. The van der Waals surface area contributed by atoms with Crippen molar-refractivity contribution in [2.45, 2.75) is 4.90 Å². The van der Waals surface area contributed by atoms with Gasteiger partial charge >= 0.3 is 0 Å². The first-order chi connectivity index (χ1) is 13.4. The van der Waals surface area contributed by atoms with E-state index >= 15 is 0 Å². The molecular formula is C21H18N2O4S. The van der Waals surface area contributed by atoms with Crippen molar-refractivity contribution in [3.05, 3.63) is 72.3 Å². The molecule has 0 saturated carbocycles. The first kappa shape index (κ1) is 18.2. The number of fused-ring (bicyclic) bond motifs is 3. The Balaban J connectivity index is 1.66. The van der Waals surface area contributed by atoms with Crippen molar-refractivity contribution >= 4 is 43.6 Å². The van der Waals surface area contributed by atoms with Gasteiger partial charge in [0.2, 0.25) is 10.0 Å². The lowest BCUT2D eigenvalue weighted by Crippen LogP contribution is -2.22. The monoisotopic (exact) mass is 394 g/mol. The third kappa shape index (κ3) is 3.15. The largest absolute Gasteiger partial charge is 0.456 e. The SMILES string of the molecule is CN(C)S(=O)(=O)c1cccc(C(=O)Nc2ccc3oc4ccccc4c3c2)c1. The van der Waals surface area contributed by atoms with Gasteiger partial charge in [0.15, 0.2) is 0 Å². The van der Waals surface area contributed by atoms with E-state index in [1.54, 1.807) is 24.3 Å². The summed E-state index contributed by atoms with van der Waals surface area (Å²) in [6.45, 7) is 0. The van der Waals surface area contributed by atoms with Crippen LogP contribution in [0.25, 0.3) is 21.9 Å². The fraction of sp³-hybridized carbons (Fsp3) is 0.0952. The quantitative estimate of drug-likeness (QED) is 0.565. The van der Waals surface area contributed by atoms with Crippen LogP contribution in [0.15, 0.2) is 76.0 Å². The molecule has 1 amide bonds. The van der Waals surface area contributed by atoms with Crippen LogP contribution in [-0.4, -0.2) is 32.7 Å². The summed E-state index contributed by atoms with van der Waals surface area (Å²) in [7, 11) is -0.709. The molecular weight excluding hydrogens is 376 g/mol. The molecule has 0 radical (unpaired) electrons. The number of carbonyl (C=O) groups excluding carboxylic acids is 1. The molecule has 1 N–H and O–H groups in total. The highest BCUT2D eigenvalue weighted by Gasteiger charge is 2.19. The van der Waals surface area contributed by atoms with E-state index < -0.39 is 10.0 Å². The fourth-order valence-electron chi connectivity index (χ4n) is 3.02. The van der Waals surface area contributed by atoms with Crippen LogP contribution < -0.4 is 5.32 Å². The smallest absolute Gasteiger partial charge is 0.255 e. The Kier molecular flexibility index (Phi) is 4.41. The Labute approximate surface area is 162 Å². The normalized spacial score (nSPS) is 12.0. The van der Waals surface area contributed by atoms with Crippen molar-refractivity contribution in [1.82, 2.24) is 4.31 Å². The van der Waals surface area contributed by atoms with Gasteiger partial charge in [-0.05, 0) is 42.5 Å². The van der Waals surface area contributed by atoms with Crippen LogP contribution in [0, 0.1) is 0 Å². The summed E-state index contributed by atoms with van der Waals surface area (Å²) in [4.78, 5) is 12.7. The zero-order valence-electron chi connectivity index (χ0n) is 15.3. The van der Waals surface area contributed by atoms with E-state index in [2.05, 4.69) is 5.32 Å². The van der Waals surface area contributed by atoms with Gasteiger partial charge in [-0.25, -0.2) is 12.7 Å². The third-order valence-corrected chi connectivity index (χ3v) is 6.32. The summed E-state index contributed by atoms with van der Waals surface area (Å²) in [6, 6.07) is 19.1. The summed E-state index contributed by atoms with van der Waals surface area (Å²) < 4.78 is 31.5. The molecule has 7 heteroatoms. The number of furan rings is 1. The molecule has 0 aliphatic rings. The minimum Gasteiger partial charge on any atom is -0.456 e. The number of rotatable bonds is 4. The molecule has 0 aliphatic carbocycles. The number of hydrogen-bond acceptors (Lipinski definition) is 4. The number of nitrogens with one attached hydrogen (secondary N) is 1. The number of benzene rings is 3. The highest BCUT2D eigenvalue weighted by Crippen LogP contribution is 2.30. The van der Waals surface area contributed by atoms with Crippen molar-refractivity contribution in [2.24, 2.45) is 0 Å². The van der Waals surface area contributed by atoms with Crippen LogP contribution in [-0.2, 0) is 10.0 Å². The molecule has 4 aromatic rings. The van der Waals surface area contributed by atoms with Crippen LogP contribution in [0.4, 0.5) is 5.69 Å². The van der Waals surface area contributed by atoms with Gasteiger partial charge in [0.05, 0.1) is 4.90 Å². The summed E-state index contributed by atoms with van der Waals surface area (Å²) in [5.41, 5.74) is 2.38. The van der Waals surface area contributed by atoms with Crippen molar-refractivity contribution in [1.29, 1.82) is 0 Å². The molecule has 0 saturated heterocycles. The van der Waals surface area contributed by atoms with Gasteiger partial charge < -0.3 is 9.73 Å². The van der Waals surface area contributed by atoms with Crippen molar-refractivity contribution < 1.29 is 17.6 Å². The molecule has 0 unspecified atom stereocenters. The molecule has 28 heavy (non-hydrogen) atoms. The van der Waals surface area contributed by atoms with E-state index in [1.807, 2.05) is 30.3 Å². The average Bonchev–Trinajstić information content (AvgIpc) is 3.06. The summed E-state index contributed by atoms with van der Waals surface area (Å²) in [5.74, 6) is -0.386. The van der Waals surface area contributed by atoms with Crippen molar-refractivity contribution in [3.8, 4) is 0 Å². The topological polar surface area (TPSA) is 79.6 Å². The highest BCUT2D eigenvalue weighted by molar-refractivity contribution is 7.89. The number of hydrogen-bond donors (Lipinski definition) is 1. The lowest BCUT2D eigenvalue weighted by molar-refractivity contribution is 0.102. The van der Waals surface area contributed by atoms with Crippen LogP contribution in [0.3, 0.4) is 0 Å². The Morgan fingerprint density at radius 1 is 0.893 bits per heavy atom. The van der Waals surface area contributed by atoms with Gasteiger partial charge in [0.1, 0.15) is 11.2 Å². The molecule has 1 aromatic heterocycles. The maximum Gasteiger partial charge on any atom is 0.255 e. The molecule has 0 atom stereocenters. The van der Waals surface area contributed by atoms with E-state index in [0.717, 1.165) is 26.2 Å². The first-order valence-corrected chi connectivity index (χ1v) is 10.1. The number of sulfonamides is 1. The zero-order chi connectivity index (χ0) is 19.9. The molecule has 4 rings (SSSR count). The predicted molar refractivity (Wildman–Crippen MR) is 109 cm³/mol. The molecule has 0 bridgehead atoms. The second kappa shape index (κ2) is 6.78. The predicted octanol–water partition coefficient (Wildman–Crippen LogP) is 4.09. The number of nitrogens with zero attached hydrogens (tertiary/aromatic N) is 1. The van der Waals surface area contributed by atoms with Gasteiger partial charge in [-0.3, -0.25) is 4.79 Å². The van der Waals surface area contributed by atoms with Gasteiger partial charge in [0, 0.05) is 36.1 Å². The fourth-order valence-corrected chi connectivity index (χ4v) is 3.96. The number of para-hydroxylation sites is 1. The molecule has 1 heterocycles. The Morgan fingerprint density at radius 2 is 1.64 bits per heavy atom. The minimum atomic E-state index is -3.61. The number of anilines is 1. The van der Waals surface area contributed by atoms with Gasteiger partial charge in [-0.1, -0.05) is 24.3 Å². The number of amides is 1. The standard InChI is InChI=1S/C21H18N2O4S/c1-23(2)28(25,26)16-7-5-6-14(12-16)21(24)22-15-10-11-20-18(13-15)17-8-3-4-9-19(17)27-20/h3-13H,1-2H3,(H,22,24). The Morgan fingerprint density at radius 3 is 2.43 bits per heavy atom. The third-order valence-electron chi connectivity index (χ3n) is 4.51. The molecule has 0 aliphatic heterocycles. The molecule has 6 nitrogen and oxygen atoms in total. The molecule has 0 spiro atoms. The van der Waals surface area contributed by atoms with Gasteiger partial charge in [-0.15, -0.1) is 0 Å². The first-order valence-electron chi connectivity index (χ1n) is 8.61. The Hall–Kier alpha value is -3.16. The lowest BCUT2D eigenvalue weighted by Gasteiger charge is -2.12. The van der Waals surface area contributed by atoms with Crippen LogP contribution in [0.5, 0.6) is 0 Å². The van der Waals surface area contributed by atoms with Crippen LogP contribution in [0.2, 0.25) is 0 Å². The van der Waals surface area contributed by atoms with E-state index in [-0.39, 0.29) is 16.4 Å².